The van der Waals surface area contributed by atoms with Gasteiger partial charge in [0, 0.05) is 17.9 Å². The molecule has 0 heterocycles. The fourth-order valence-corrected chi connectivity index (χ4v) is 0.563. The van der Waals surface area contributed by atoms with E-state index in [1.165, 1.54) is 0 Å². The summed E-state index contributed by atoms with van der Waals surface area (Å²) in [5.74, 6) is 2.70. The number of carbonyl (C=O) groups excluding carboxylic acids is 1. The molecule has 1 N–H and O–H groups in total. The molecule has 0 saturated heterocycles. The molecule has 0 aromatic rings. The molecule has 0 saturated carbocycles. The van der Waals surface area contributed by atoms with Crippen molar-refractivity contribution in [3.8, 4) is 12.3 Å². The molecule has 0 fully saturated rings. The average molecular weight is 167 g/mol. The molecular formula is C10H17NO. The highest BCUT2D eigenvalue weighted by molar-refractivity contribution is 5.77. The Morgan fingerprint density at radius 3 is 2.42 bits per heavy atom. The van der Waals surface area contributed by atoms with Crippen molar-refractivity contribution in [1.82, 2.24) is 5.32 Å². The van der Waals surface area contributed by atoms with Crippen molar-refractivity contribution < 1.29 is 4.79 Å². The standard InChI is InChI=1S/C10H17NO/c1-6-10(4,5)7-11-9(12)8(2)3/h1,8H,7H2,2-5H3,(H,11,12). The first kappa shape index (κ1) is 11.0. The number of rotatable bonds is 3. The Morgan fingerprint density at radius 2 is 2.08 bits per heavy atom. The Bertz CT molecular complexity index is 198. The van der Waals surface area contributed by atoms with Gasteiger partial charge in [0.25, 0.3) is 0 Å². The summed E-state index contributed by atoms with van der Waals surface area (Å²) in [6.45, 7) is 8.11. The zero-order valence-electron chi connectivity index (χ0n) is 8.27. The monoisotopic (exact) mass is 167 g/mol. The Balaban J connectivity index is 3.86. The fourth-order valence-electron chi connectivity index (χ4n) is 0.563. The van der Waals surface area contributed by atoms with Gasteiger partial charge in [0.05, 0.1) is 0 Å². The Kier molecular flexibility index (Phi) is 3.82. The lowest BCUT2D eigenvalue weighted by Crippen LogP contribution is -2.35. The Hall–Kier alpha value is -0.970. The molecule has 0 rings (SSSR count). The van der Waals surface area contributed by atoms with Crippen LogP contribution in [0.4, 0.5) is 0 Å². The molecule has 0 aromatic heterocycles. The summed E-state index contributed by atoms with van der Waals surface area (Å²) in [5.41, 5.74) is -0.245. The second-order valence-corrected chi connectivity index (χ2v) is 3.90. The third-order valence-electron chi connectivity index (χ3n) is 1.62. The number of nitrogens with one attached hydrogen (secondary N) is 1. The van der Waals surface area contributed by atoms with E-state index in [9.17, 15) is 4.79 Å². The van der Waals surface area contributed by atoms with Crippen molar-refractivity contribution in [3.05, 3.63) is 0 Å². The van der Waals surface area contributed by atoms with E-state index in [0.29, 0.717) is 6.54 Å². The number of hydrogen-bond donors (Lipinski definition) is 1. The molecule has 0 bridgehead atoms. The average Bonchev–Trinajstić information content (AvgIpc) is 2.00. The van der Waals surface area contributed by atoms with Crippen molar-refractivity contribution in [2.75, 3.05) is 6.54 Å². The van der Waals surface area contributed by atoms with Crippen molar-refractivity contribution in [1.29, 1.82) is 0 Å². The van der Waals surface area contributed by atoms with E-state index in [1.54, 1.807) is 0 Å². The van der Waals surface area contributed by atoms with E-state index in [1.807, 2.05) is 27.7 Å². The second kappa shape index (κ2) is 4.15. The van der Waals surface area contributed by atoms with E-state index in [-0.39, 0.29) is 17.2 Å². The lowest BCUT2D eigenvalue weighted by molar-refractivity contribution is -0.124. The van der Waals surface area contributed by atoms with Gasteiger partial charge in [-0.25, -0.2) is 0 Å². The van der Waals surface area contributed by atoms with Crippen LogP contribution in [-0.2, 0) is 4.79 Å². The van der Waals surface area contributed by atoms with Gasteiger partial charge in [-0.3, -0.25) is 4.79 Å². The normalized spacial score (nSPS) is 11.0. The topological polar surface area (TPSA) is 29.1 Å². The molecule has 2 nitrogen and oxygen atoms in total. The zero-order valence-corrected chi connectivity index (χ0v) is 8.27. The summed E-state index contributed by atoms with van der Waals surface area (Å²) in [6.07, 6.45) is 5.27. The predicted octanol–water partition coefficient (Wildman–Crippen LogP) is 1.42. The lowest BCUT2D eigenvalue weighted by atomic mass is 9.95. The first-order chi connectivity index (χ1) is 5.39. The molecule has 1 amide bonds. The highest BCUT2D eigenvalue weighted by Gasteiger charge is 2.15. The fraction of sp³-hybridized carbons (Fsp3) is 0.700. The summed E-state index contributed by atoms with van der Waals surface area (Å²) in [5, 5.41) is 2.79. The maximum Gasteiger partial charge on any atom is 0.222 e. The number of terminal acetylenes is 1. The first-order valence-electron chi connectivity index (χ1n) is 4.14. The predicted molar refractivity (Wildman–Crippen MR) is 50.5 cm³/mol. The van der Waals surface area contributed by atoms with Gasteiger partial charge < -0.3 is 5.32 Å². The maximum absolute atomic E-state index is 11.1. The molecule has 0 radical (unpaired) electrons. The molecule has 0 spiro atoms. The summed E-state index contributed by atoms with van der Waals surface area (Å²) in [4.78, 5) is 11.1. The largest absolute Gasteiger partial charge is 0.354 e. The van der Waals surface area contributed by atoms with Gasteiger partial charge in [-0.1, -0.05) is 19.8 Å². The summed E-state index contributed by atoms with van der Waals surface area (Å²) in [7, 11) is 0. The zero-order chi connectivity index (χ0) is 9.78. The van der Waals surface area contributed by atoms with Gasteiger partial charge in [-0.2, -0.15) is 0 Å². The van der Waals surface area contributed by atoms with Gasteiger partial charge in [0.15, 0.2) is 0 Å². The maximum atomic E-state index is 11.1. The van der Waals surface area contributed by atoms with E-state index < -0.39 is 0 Å². The molecule has 0 atom stereocenters. The van der Waals surface area contributed by atoms with Gasteiger partial charge in [-0.15, -0.1) is 6.42 Å². The molecule has 0 aliphatic carbocycles. The van der Waals surface area contributed by atoms with E-state index in [4.69, 9.17) is 6.42 Å². The third kappa shape index (κ3) is 4.02. The second-order valence-electron chi connectivity index (χ2n) is 3.90. The number of carbonyl (C=O) groups is 1. The molecule has 2 heteroatoms. The van der Waals surface area contributed by atoms with Gasteiger partial charge >= 0.3 is 0 Å². The van der Waals surface area contributed by atoms with Gasteiger partial charge in [0.1, 0.15) is 0 Å². The van der Waals surface area contributed by atoms with Crippen molar-refractivity contribution in [3.63, 3.8) is 0 Å². The number of hydrogen-bond acceptors (Lipinski definition) is 1. The molecule has 0 aliphatic heterocycles. The summed E-state index contributed by atoms with van der Waals surface area (Å²) in [6, 6.07) is 0. The van der Waals surface area contributed by atoms with Crippen LogP contribution in [0.1, 0.15) is 27.7 Å². The van der Waals surface area contributed by atoms with Crippen LogP contribution < -0.4 is 5.32 Å². The smallest absolute Gasteiger partial charge is 0.222 e. The van der Waals surface area contributed by atoms with Crippen LogP contribution in [0, 0.1) is 23.7 Å². The molecule has 0 aliphatic rings. The summed E-state index contributed by atoms with van der Waals surface area (Å²) < 4.78 is 0. The van der Waals surface area contributed by atoms with Gasteiger partial charge in [0.2, 0.25) is 5.91 Å². The van der Waals surface area contributed by atoms with Crippen LogP contribution >= 0.6 is 0 Å². The van der Waals surface area contributed by atoms with Crippen LogP contribution in [0.5, 0.6) is 0 Å². The van der Waals surface area contributed by atoms with Gasteiger partial charge in [-0.05, 0) is 13.8 Å². The lowest BCUT2D eigenvalue weighted by Gasteiger charge is -2.18. The Labute approximate surface area is 74.7 Å². The van der Waals surface area contributed by atoms with Crippen molar-refractivity contribution in [2.45, 2.75) is 27.7 Å². The molecule has 0 unspecified atom stereocenters. The first-order valence-corrected chi connectivity index (χ1v) is 4.14. The van der Waals surface area contributed by atoms with Crippen LogP contribution in [0.3, 0.4) is 0 Å². The highest BCUT2D eigenvalue weighted by Crippen LogP contribution is 2.10. The van der Waals surface area contributed by atoms with Crippen molar-refractivity contribution >= 4 is 5.91 Å². The van der Waals surface area contributed by atoms with Crippen LogP contribution in [0.25, 0.3) is 0 Å². The minimum Gasteiger partial charge on any atom is -0.354 e. The molecule has 12 heavy (non-hydrogen) atoms. The minimum atomic E-state index is -0.245. The molecular weight excluding hydrogens is 150 g/mol. The quantitative estimate of drug-likeness (QED) is 0.633. The third-order valence-corrected chi connectivity index (χ3v) is 1.62. The van der Waals surface area contributed by atoms with Crippen LogP contribution in [0.15, 0.2) is 0 Å². The van der Waals surface area contributed by atoms with Crippen molar-refractivity contribution in [2.24, 2.45) is 11.3 Å². The van der Waals surface area contributed by atoms with E-state index >= 15 is 0 Å². The minimum absolute atomic E-state index is 0.0265. The molecule has 68 valence electrons. The number of amides is 1. The van der Waals surface area contributed by atoms with E-state index in [2.05, 4.69) is 11.2 Å². The Morgan fingerprint density at radius 1 is 1.58 bits per heavy atom. The van der Waals surface area contributed by atoms with Crippen LogP contribution in [0.2, 0.25) is 0 Å². The highest BCUT2D eigenvalue weighted by atomic mass is 16.1. The SMILES string of the molecule is C#CC(C)(C)CNC(=O)C(C)C. The summed E-state index contributed by atoms with van der Waals surface area (Å²) >= 11 is 0. The van der Waals surface area contributed by atoms with Crippen LogP contribution in [-0.4, -0.2) is 12.5 Å². The van der Waals surface area contributed by atoms with E-state index in [0.717, 1.165) is 0 Å². The molecule has 0 aromatic carbocycles.